The van der Waals surface area contributed by atoms with Gasteiger partial charge in [-0.25, -0.2) is 4.68 Å². The maximum atomic E-state index is 12.0. The zero-order valence-electron chi connectivity index (χ0n) is 13.1. The highest BCUT2D eigenvalue weighted by Crippen LogP contribution is 2.21. The van der Waals surface area contributed by atoms with E-state index in [1.54, 1.807) is 0 Å². The zero-order chi connectivity index (χ0) is 16.9. The quantitative estimate of drug-likeness (QED) is 0.551. The fraction of sp³-hybridized carbons (Fsp3) is 0.118. The molecule has 1 aromatic heterocycles. The summed E-state index contributed by atoms with van der Waals surface area (Å²) >= 11 is 1.25. The van der Waals surface area contributed by atoms with Gasteiger partial charge in [-0.05, 0) is 19.1 Å². The molecule has 0 unspecified atom stereocenters. The van der Waals surface area contributed by atoms with Crippen LogP contribution in [0.2, 0.25) is 0 Å². The van der Waals surface area contributed by atoms with E-state index in [0.717, 1.165) is 16.8 Å². The van der Waals surface area contributed by atoms with Crippen LogP contribution < -0.4 is 11.2 Å². The zero-order valence-corrected chi connectivity index (χ0v) is 14.0. The van der Waals surface area contributed by atoms with E-state index in [-0.39, 0.29) is 11.7 Å². The normalized spacial score (nSPS) is 10.5. The van der Waals surface area contributed by atoms with Gasteiger partial charge in [-0.1, -0.05) is 59.8 Å². The van der Waals surface area contributed by atoms with Crippen LogP contribution in [0, 0.1) is 6.92 Å². The van der Waals surface area contributed by atoms with Gasteiger partial charge >= 0.3 is 0 Å². The number of carbonyl (C=O) groups excluding carboxylic acids is 1. The summed E-state index contributed by atoms with van der Waals surface area (Å²) in [6, 6.07) is 17.2. The van der Waals surface area contributed by atoms with Crippen LogP contribution in [-0.4, -0.2) is 26.5 Å². The number of hydrogen-bond donors (Lipinski definition) is 2. The van der Waals surface area contributed by atoms with Crippen LogP contribution in [0.25, 0.3) is 11.4 Å². The number of hydrogen-bond acceptors (Lipinski definition) is 5. The first-order valence-electron chi connectivity index (χ1n) is 7.39. The summed E-state index contributed by atoms with van der Waals surface area (Å²) in [5, 5.41) is 11.5. The van der Waals surface area contributed by atoms with E-state index in [2.05, 4.69) is 15.5 Å². The van der Waals surface area contributed by atoms with Crippen LogP contribution >= 0.6 is 11.8 Å². The monoisotopic (exact) mass is 339 g/mol. The maximum absolute atomic E-state index is 12.0. The Morgan fingerprint density at radius 1 is 1.12 bits per heavy atom. The van der Waals surface area contributed by atoms with Crippen LogP contribution in [0.3, 0.4) is 0 Å². The molecule has 3 N–H and O–H groups in total. The minimum atomic E-state index is -0.117. The molecule has 6 nitrogen and oxygen atoms in total. The van der Waals surface area contributed by atoms with Crippen molar-refractivity contribution < 1.29 is 4.79 Å². The van der Waals surface area contributed by atoms with Crippen LogP contribution in [0.15, 0.2) is 59.8 Å². The molecule has 0 aliphatic rings. The first-order valence-corrected chi connectivity index (χ1v) is 8.37. The Balaban J connectivity index is 1.62. The Labute approximate surface area is 144 Å². The molecule has 0 saturated carbocycles. The van der Waals surface area contributed by atoms with Gasteiger partial charge in [0.05, 0.1) is 5.75 Å². The lowest BCUT2D eigenvalue weighted by Gasteiger charge is -2.06. The van der Waals surface area contributed by atoms with Gasteiger partial charge in [-0.15, -0.1) is 10.2 Å². The topological polar surface area (TPSA) is 85.8 Å². The third-order valence-electron chi connectivity index (χ3n) is 3.36. The summed E-state index contributed by atoms with van der Waals surface area (Å²) < 4.78 is 1.40. The Hall–Kier alpha value is -2.80. The summed E-state index contributed by atoms with van der Waals surface area (Å²) in [6.45, 7) is 2.00. The van der Waals surface area contributed by atoms with Crippen LogP contribution in [0.5, 0.6) is 0 Å². The lowest BCUT2D eigenvalue weighted by molar-refractivity contribution is -0.113. The van der Waals surface area contributed by atoms with Crippen molar-refractivity contribution in [1.82, 2.24) is 14.9 Å². The van der Waals surface area contributed by atoms with Gasteiger partial charge in [0.2, 0.25) is 11.1 Å². The molecule has 24 heavy (non-hydrogen) atoms. The van der Waals surface area contributed by atoms with Crippen molar-refractivity contribution >= 4 is 23.4 Å². The van der Waals surface area contributed by atoms with E-state index in [0.29, 0.717) is 11.0 Å². The van der Waals surface area contributed by atoms with E-state index < -0.39 is 0 Å². The molecule has 1 heterocycles. The number of nitrogens with zero attached hydrogens (tertiary/aromatic N) is 3. The molecule has 0 aliphatic heterocycles. The van der Waals surface area contributed by atoms with Gasteiger partial charge in [0, 0.05) is 11.3 Å². The van der Waals surface area contributed by atoms with E-state index in [4.69, 9.17) is 5.84 Å². The molecule has 122 valence electrons. The van der Waals surface area contributed by atoms with E-state index in [1.165, 1.54) is 16.4 Å². The Bertz CT molecular complexity index is 830. The van der Waals surface area contributed by atoms with Gasteiger partial charge in [0.1, 0.15) is 0 Å². The van der Waals surface area contributed by atoms with Crippen molar-refractivity contribution in [3.63, 3.8) is 0 Å². The minimum Gasteiger partial charge on any atom is -0.335 e. The number of carbonyl (C=O) groups is 1. The van der Waals surface area contributed by atoms with Crippen LogP contribution in [0.4, 0.5) is 5.69 Å². The molecule has 3 rings (SSSR count). The molecule has 0 bridgehead atoms. The summed E-state index contributed by atoms with van der Waals surface area (Å²) in [5.41, 5.74) is 2.79. The fourth-order valence-corrected chi connectivity index (χ4v) is 2.78. The van der Waals surface area contributed by atoms with Crippen LogP contribution in [-0.2, 0) is 4.79 Å². The first kappa shape index (κ1) is 16.1. The average molecular weight is 339 g/mol. The van der Waals surface area contributed by atoms with Crippen molar-refractivity contribution in [2.24, 2.45) is 0 Å². The molecule has 0 radical (unpaired) electrons. The lowest BCUT2D eigenvalue weighted by Crippen LogP contribution is -2.16. The molecular formula is C17H17N5OS. The van der Waals surface area contributed by atoms with Crippen molar-refractivity contribution in [1.29, 1.82) is 0 Å². The predicted molar refractivity (Wildman–Crippen MR) is 96.1 cm³/mol. The molecular weight excluding hydrogens is 322 g/mol. The van der Waals surface area contributed by atoms with Crippen molar-refractivity contribution in [3.8, 4) is 11.4 Å². The van der Waals surface area contributed by atoms with Crippen molar-refractivity contribution in [2.45, 2.75) is 12.1 Å². The van der Waals surface area contributed by atoms with E-state index >= 15 is 0 Å². The van der Waals surface area contributed by atoms with Crippen LogP contribution in [0.1, 0.15) is 5.56 Å². The third kappa shape index (κ3) is 3.75. The van der Waals surface area contributed by atoms with Gasteiger partial charge in [-0.2, -0.15) is 0 Å². The Morgan fingerprint density at radius 2 is 1.83 bits per heavy atom. The smallest absolute Gasteiger partial charge is 0.234 e. The van der Waals surface area contributed by atoms with Crippen molar-refractivity contribution in [2.75, 3.05) is 16.9 Å². The van der Waals surface area contributed by atoms with Gasteiger partial charge in [0.15, 0.2) is 5.82 Å². The third-order valence-corrected chi connectivity index (χ3v) is 4.31. The predicted octanol–water partition coefficient (Wildman–Crippen LogP) is 2.70. The number of rotatable bonds is 5. The van der Waals surface area contributed by atoms with Crippen molar-refractivity contribution in [3.05, 3.63) is 60.2 Å². The standard InChI is InChI=1S/C17H17N5OS/c1-12-7-9-14(10-8-12)19-15(23)11-24-17-21-20-16(22(17)18)13-5-3-2-4-6-13/h2-10H,11,18H2,1H3,(H,19,23). The number of aromatic nitrogens is 3. The van der Waals surface area contributed by atoms with E-state index in [1.807, 2.05) is 61.5 Å². The Morgan fingerprint density at radius 3 is 2.54 bits per heavy atom. The number of nitrogens with one attached hydrogen (secondary N) is 1. The van der Waals surface area contributed by atoms with Gasteiger partial charge in [-0.3, -0.25) is 4.79 Å². The molecule has 0 spiro atoms. The summed E-state index contributed by atoms with van der Waals surface area (Å²) in [4.78, 5) is 12.0. The highest BCUT2D eigenvalue weighted by Gasteiger charge is 2.13. The number of nitrogens with two attached hydrogens (primary N) is 1. The second-order valence-corrected chi connectivity index (χ2v) is 6.19. The SMILES string of the molecule is Cc1ccc(NC(=O)CSc2nnc(-c3ccccc3)n2N)cc1. The second kappa shape index (κ2) is 7.18. The number of amides is 1. The number of anilines is 1. The molecule has 2 aromatic carbocycles. The van der Waals surface area contributed by atoms with Gasteiger partial charge in [0.25, 0.3) is 0 Å². The summed E-state index contributed by atoms with van der Waals surface area (Å²) in [6.07, 6.45) is 0. The minimum absolute atomic E-state index is 0.117. The molecule has 0 saturated heterocycles. The molecule has 1 amide bonds. The highest BCUT2D eigenvalue weighted by atomic mass is 32.2. The van der Waals surface area contributed by atoms with Gasteiger partial charge < -0.3 is 11.2 Å². The summed E-state index contributed by atoms with van der Waals surface area (Å²) in [5.74, 6) is 6.69. The molecule has 0 aliphatic carbocycles. The molecule has 0 fully saturated rings. The number of nitrogen functional groups attached to an aromatic ring is 1. The first-order chi connectivity index (χ1) is 11.6. The fourth-order valence-electron chi connectivity index (χ4n) is 2.12. The summed E-state index contributed by atoms with van der Waals surface area (Å²) in [7, 11) is 0. The number of aryl methyl sites for hydroxylation is 1. The molecule has 3 aromatic rings. The molecule has 0 atom stereocenters. The maximum Gasteiger partial charge on any atom is 0.234 e. The largest absolute Gasteiger partial charge is 0.335 e. The second-order valence-electron chi connectivity index (χ2n) is 5.25. The lowest BCUT2D eigenvalue weighted by atomic mass is 10.2. The van der Waals surface area contributed by atoms with E-state index in [9.17, 15) is 4.79 Å². The highest BCUT2D eigenvalue weighted by molar-refractivity contribution is 7.99. The number of thioether (sulfide) groups is 1. The Kier molecular flexibility index (Phi) is 4.81. The molecule has 7 heteroatoms. The number of benzene rings is 2. The average Bonchev–Trinajstić information content (AvgIpc) is 2.97.